The van der Waals surface area contributed by atoms with Crippen LogP contribution in [-0.2, 0) is 6.54 Å². The second kappa shape index (κ2) is 1.95. The Morgan fingerprint density at radius 3 is 3.60 bits per heavy atom. The standard InChI is InChI=1S/C5H9N5/c6-4-1-7-5-9-8-3-10(5)2-4/h3-4H,1-2,6H2,(H,7,9). The van der Waals surface area contributed by atoms with Gasteiger partial charge in [0.15, 0.2) is 0 Å². The van der Waals surface area contributed by atoms with Crippen molar-refractivity contribution in [2.45, 2.75) is 12.6 Å². The first-order valence-corrected chi connectivity index (χ1v) is 3.23. The van der Waals surface area contributed by atoms with Crippen molar-refractivity contribution in [2.24, 2.45) is 5.73 Å². The van der Waals surface area contributed by atoms with Gasteiger partial charge in [0.2, 0.25) is 5.95 Å². The minimum atomic E-state index is 0.184. The number of hydrogen-bond acceptors (Lipinski definition) is 4. The third-order valence-corrected chi connectivity index (χ3v) is 1.57. The number of hydrogen-bond donors (Lipinski definition) is 2. The molecule has 0 spiro atoms. The molecule has 2 rings (SSSR count). The van der Waals surface area contributed by atoms with Crippen LogP contribution < -0.4 is 11.1 Å². The van der Waals surface area contributed by atoms with Crippen molar-refractivity contribution in [3.05, 3.63) is 6.33 Å². The first kappa shape index (κ1) is 5.67. The molecule has 2 heterocycles. The molecule has 1 unspecified atom stereocenters. The molecule has 0 aliphatic carbocycles. The number of aromatic nitrogens is 3. The van der Waals surface area contributed by atoms with Crippen LogP contribution >= 0.6 is 0 Å². The summed E-state index contributed by atoms with van der Waals surface area (Å²) < 4.78 is 1.91. The van der Waals surface area contributed by atoms with E-state index in [4.69, 9.17) is 5.73 Å². The molecule has 1 aliphatic heterocycles. The zero-order valence-electron chi connectivity index (χ0n) is 5.49. The van der Waals surface area contributed by atoms with Gasteiger partial charge in [0.25, 0.3) is 0 Å². The SMILES string of the molecule is NC1CNc2nncn2C1. The van der Waals surface area contributed by atoms with Crippen LogP contribution in [-0.4, -0.2) is 27.4 Å². The molecular formula is C5H9N5. The molecule has 0 bridgehead atoms. The van der Waals surface area contributed by atoms with E-state index >= 15 is 0 Å². The van der Waals surface area contributed by atoms with Crippen molar-refractivity contribution < 1.29 is 0 Å². The van der Waals surface area contributed by atoms with Gasteiger partial charge in [-0.05, 0) is 0 Å². The molecule has 54 valence electrons. The first-order valence-electron chi connectivity index (χ1n) is 3.23. The maximum Gasteiger partial charge on any atom is 0.224 e. The van der Waals surface area contributed by atoms with Crippen LogP contribution in [0.2, 0.25) is 0 Å². The molecule has 3 N–H and O–H groups in total. The summed E-state index contributed by atoms with van der Waals surface area (Å²) in [4.78, 5) is 0. The predicted octanol–water partition coefficient (Wildman–Crippen LogP) is -0.969. The topological polar surface area (TPSA) is 68.8 Å². The van der Waals surface area contributed by atoms with Crippen molar-refractivity contribution in [3.63, 3.8) is 0 Å². The number of fused-ring (bicyclic) bond motifs is 1. The molecule has 0 radical (unpaired) electrons. The summed E-state index contributed by atoms with van der Waals surface area (Å²) in [5.74, 6) is 0.821. The largest absolute Gasteiger partial charge is 0.353 e. The monoisotopic (exact) mass is 139 g/mol. The number of anilines is 1. The predicted molar refractivity (Wildman–Crippen MR) is 36.5 cm³/mol. The Morgan fingerprint density at radius 1 is 1.80 bits per heavy atom. The van der Waals surface area contributed by atoms with Crippen molar-refractivity contribution >= 4 is 5.95 Å². The lowest BCUT2D eigenvalue weighted by Gasteiger charge is -2.20. The Balaban J connectivity index is 2.30. The fourth-order valence-corrected chi connectivity index (χ4v) is 1.07. The Labute approximate surface area is 58.2 Å². The minimum absolute atomic E-state index is 0.184. The van der Waals surface area contributed by atoms with Crippen molar-refractivity contribution in [1.29, 1.82) is 0 Å². The van der Waals surface area contributed by atoms with Gasteiger partial charge >= 0.3 is 0 Å². The molecule has 0 saturated carbocycles. The van der Waals surface area contributed by atoms with Gasteiger partial charge in [0, 0.05) is 19.1 Å². The Morgan fingerprint density at radius 2 is 2.70 bits per heavy atom. The fourth-order valence-electron chi connectivity index (χ4n) is 1.07. The molecular weight excluding hydrogens is 130 g/mol. The van der Waals surface area contributed by atoms with Gasteiger partial charge in [-0.15, -0.1) is 10.2 Å². The van der Waals surface area contributed by atoms with E-state index in [9.17, 15) is 0 Å². The number of nitrogens with two attached hydrogens (primary N) is 1. The molecule has 5 heteroatoms. The normalized spacial score (nSPS) is 23.5. The smallest absolute Gasteiger partial charge is 0.224 e. The highest BCUT2D eigenvalue weighted by molar-refractivity contribution is 5.26. The van der Waals surface area contributed by atoms with E-state index < -0.39 is 0 Å². The van der Waals surface area contributed by atoms with Crippen molar-refractivity contribution in [3.8, 4) is 0 Å². The maximum absolute atomic E-state index is 5.67. The van der Waals surface area contributed by atoms with E-state index in [-0.39, 0.29) is 6.04 Å². The van der Waals surface area contributed by atoms with Crippen LogP contribution in [0.25, 0.3) is 0 Å². The molecule has 0 fully saturated rings. The highest BCUT2D eigenvalue weighted by atomic mass is 15.3. The van der Waals surface area contributed by atoms with Gasteiger partial charge in [-0.3, -0.25) is 4.57 Å². The van der Waals surface area contributed by atoms with Crippen molar-refractivity contribution in [2.75, 3.05) is 11.9 Å². The third-order valence-electron chi connectivity index (χ3n) is 1.57. The zero-order chi connectivity index (χ0) is 6.97. The average molecular weight is 139 g/mol. The van der Waals surface area contributed by atoms with Crippen LogP contribution in [0.15, 0.2) is 6.33 Å². The maximum atomic E-state index is 5.67. The Kier molecular flexibility index (Phi) is 1.10. The zero-order valence-corrected chi connectivity index (χ0v) is 5.49. The summed E-state index contributed by atoms with van der Waals surface area (Å²) in [6, 6.07) is 0.184. The summed E-state index contributed by atoms with van der Waals surface area (Å²) in [6.07, 6.45) is 1.68. The molecule has 0 saturated heterocycles. The molecule has 1 atom stereocenters. The minimum Gasteiger partial charge on any atom is -0.353 e. The van der Waals surface area contributed by atoms with Gasteiger partial charge in [-0.25, -0.2) is 0 Å². The molecule has 1 aromatic heterocycles. The molecule has 0 amide bonds. The summed E-state index contributed by atoms with van der Waals surface area (Å²) in [5.41, 5.74) is 5.67. The van der Waals surface area contributed by atoms with Crippen LogP contribution in [0, 0.1) is 0 Å². The van der Waals surface area contributed by atoms with E-state index in [0.717, 1.165) is 19.0 Å². The van der Waals surface area contributed by atoms with Crippen LogP contribution in [0.5, 0.6) is 0 Å². The second-order valence-electron chi connectivity index (χ2n) is 2.45. The summed E-state index contributed by atoms with van der Waals surface area (Å²) >= 11 is 0. The van der Waals surface area contributed by atoms with E-state index in [1.165, 1.54) is 0 Å². The average Bonchev–Trinajstić information content (AvgIpc) is 2.33. The highest BCUT2D eigenvalue weighted by Crippen LogP contribution is 2.07. The Hall–Kier alpha value is -1.10. The Bertz CT molecular complexity index is 230. The van der Waals surface area contributed by atoms with Gasteiger partial charge in [-0.1, -0.05) is 0 Å². The fraction of sp³-hybridized carbons (Fsp3) is 0.600. The molecule has 10 heavy (non-hydrogen) atoms. The summed E-state index contributed by atoms with van der Waals surface area (Å²) in [5, 5.41) is 10.6. The summed E-state index contributed by atoms with van der Waals surface area (Å²) in [7, 11) is 0. The number of nitrogens with one attached hydrogen (secondary N) is 1. The van der Waals surface area contributed by atoms with Crippen molar-refractivity contribution in [1.82, 2.24) is 14.8 Å². The first-order chi connectivity index (χ1) is 4.86. The van der Waals surface area contributed by atoms with Crippen LogP contribution in [0.4, 0.5) is 5.95 Å². The van der Waals surface area contributed by atoms with Gasteiger partial charge in [0.1, 0.15) is 6.33 Å². The second-order valence-corrected chi connectivity index (χ2v) is 2.45. The van der Waals surface area contributed by atoms with Gasteiger partial charge in [0.05, 0.1) is 0 Å². The molecule has 1 aliphatic rings. The lowest BCUT2D eigenvalue weighted by atomic mass is 10.3. The lowest BCUT2D eigenvalue weighted by Crippen LogP contribution is -2.38. The molecule has 1 aromatic rings. The van der Waals surface area contributed by atoms with Crippen LogP contribution in [0.1, 0.15) is 0 Å². The van der Waals surface area contributed by atoms with E-state index in [1.807, 2.05) is 4.57 Å². The highest BCUT2D eigenvalue weighted by Gasteiger charge is 2.14. The number of nitrogens with zero attached hydrogens (tertiary/aromatic N) is 3. The molecule has 5 nitrogen and oxygen atoms in total. The third kappa shape index (κ3) is 0.750. The quantitative estimate of drug-likeness (QED) is 0.485. The lowest BCUT2D eigenvalue weighted by molar-refractivity contribution is 0.542. The van der Waals surface area contributed by atoms with Gasteiger partial charge < -0.3 is 11.1 Å². The van der Waals surface area contributed by atoms with Gasteiger partial charge in [-0.2, -0.15) is 0 Å². The van der Waals surface area contributed by atoms with E-state index in [1.54, 1.807) is 6.33 Å². The number of rotatable bonds is 0. The summed E-state index contributed by atoms with van der Waals surface area (Å²) in [6.45, 7) is 1.61. The molecule has 0 aromatic carbocycles. The van der Waals surface area contributed by atoms with E-state index in [0.29, 0.717) is 0 Å². The van der Waals surface area contributed by atoms with Crippen LogP contribution in [0.3, 0.4) is 0 Å². The van der Waals surface area contributed by atoms with E-state index in [2.05, 4.69) is 15.5 Å².